The quantitative estimate of drug-likeness (QED) is 0.666. The smallest absolute Gasteiger partial charge is 0.303 e. The zero-order valence-electron chi connectivity index (χ0n) is 11.1. The number of carbonyl (C=O) groups is 1. The van der Waals surface area contributed by atoms with Crippen LogP contribution >= 0.6 is 11.8 Å². The monoisotopic (exact) mass is 275 g/mol. The molecule has 0 atom stereocenters. The Morgan fingerprint density at radius 2 is 2.11 bits per heavy atom. The lowest BCUT2D eigenvalue weighted by molar-refractivity contribution is -0.137. The van der Waals surface area contributed by atoms with E-state index in [0.717, 1.165) is 16.3 Å². The molecule has 2 aromatic rings. The van der Waals surface area contributed by atoms with E-state index in [2.05, 4.69) is 37.0 Å². The van der Waals surface area contributed by atoms with E-state index in [1.165, 1.54) is 16.5 Å². The summed E-state index contributed by atoms with van der Waals surface area (Å²) in [5.74, 6) is 0.0509. The summed E-state index contributed by atoms with van der Waals surface area (Å²) in [4.78, 5) is 15.1. The van der Waals surface area contributed by atoms with Crippen LogP contribution in [0.4, 0.5) is 0 Å². The number of carboxylic acids is 1. The van der Waals surface area contributed by atoms with E-state index >= 15 is 0 Å². The van der Waals surface area contributed by atoms with Crippen LogP contribution in [0.15, 0.2) is 29.3 Å². The number of aromatic nitrogens is 1. The average molecular weight is 275 g/mol. The van der Waals surface area contributed by atoms with Crippen LogP contribution in [0.1, 0.15) is 24.0 Å². The highest BCUT2D eigenvalue weighted by Crippen LogP contribution is 2.26. The lowest BCUT2D eigenvalue weighted by atomic mass is 10.1. The molecule has 1 heterocycles. The van der Waals surface area contributed by atoms with Gasteiger partial charge >= 0.3 is 5.97 Å². The van der Waals surface area contributed by atoms with E-state index < -0.39 is 5.97 Å². The number of benzene rings is 1. The molecule has 0 amide bonds. The molecule has 1 N–H and O–H groups in total. The number of hydrogen-bond acceptors (Lipinski definition) is 3. The van der Waals surface area contributed by atoms with Crippen LogP contribution in [0, 0.1) is 13.8 Å². The van der Waals surface area contributed by atoms with Crippen molar-refractivity contribution in [3.63, 3.8) is 0 Å². The third-order valence-electron chi connectivity index (χ3n) is 3.01. The van der Waals surface area contributed by atoms with Crippen LogP contribution in [-0.4, -0.2) is 21.8 Å². The molecule has 0 fully saturated rings. The number of carboxylic acid groups (broad SMARTS) is 1. The van der Waals surface area contributed by atoms with Crippen molar-refractivity contribution in [1.29, 1.82) is 0 Å². The molecule has 0 spiro atoms. The number of hydrogen-bond donors (Lipinski definition) is 1. The van der Waals surface area contributed by atoms with Crippen LogP contribution < -0.4 is 0 Å². The number of aliphatic carboxylic acids is 1. The van der Waals surface area contributed by atoms with Gasteiger partial charge in [0.05, 0.1) is 10.5 Å². The summed E-state index contributed by atoms with van der Waals surface area (Å²) in [6.45, 7) is 4.15. The van der Waals surface area contributed by atoms with Crippen molar-refractivity contribution < 1.29 is 9.90 Å². The minimum atomic E-state index is -0.737. The first kappa shape index (κ1) is 13.9. The van der Waals surface area contributed by atoms with Gasteiger partial charge in [-0.15, -0.1) is 11.8 Å². The highest BCUT2D eigenvalue weighted by atomic mass is 32.2. The average Bonchev–Trinajstić information content (AvgIpc) is 2.36. The van der Waals surface area contributed by atoms with Crippen molar-refractivity contribution >= 4 is 28.6 Å². The summed E-state index contributed by atoms with van der Waals surface area (Å²) in [5.41, 5.74) is 3.44. The van der Waals surface area contributed by atoms with E-state index in [1.54, 1.807) is 11.8 Å². The van der Waals surface area contributed by atoms with Gasteiger partial charge in [-0.1, -0.05) is 18.2 Å². The Labute approximate surface area is 117 Å². The Morgan fingerprint density at radius 1 is 1.32 bits per heavy atom. The first-order valence-electron chi connectivity index (χ1n) is 6.29. The number of fused-ring (bicyclic) bond motifs is 1. The fourth-order valence-electron chi connectivity index (χ4n) is 2.01. The number of para-hydroxylation sites is 1. The number of aryl methyl sites for hydroxylation is 2. The van der Waals surface area contributed by atoms with Gasteiger partial charge in [-0.2, -0.15) is 0 Å². The Morgan fingerprint density at radius 3 is 2.84 bits per heavy atom. The van der Waals surface area contributed by atoms with Gasteiger partial charge in [0.2, 0.25) is 0 Å². The summed E-state index contributed by atoms with van der Waals surface area (Å²) in [5, 5.41) is 10.8. The number of nitrogens with zero attached hydrogens (tertiary/aromatic N) is 1. The molecular weight excluding hydrogens is 258 g/mol. The van der Waals surface area contributed by atoms with Crippen LogP contribution in [0.25, 0.3) is 10.9 Å². The molecule has 0 saturated heterocycles. The molecule has 0 aliphatic rings. The Bertz CT molecular complexity index is 610. The topological polar surface area (TPSA) is 50.2 Å². The maximum Gasteiger partial charge on any atom is 0.303 e. The van der Waals surface area contributed by atoms with Crippen molar-refractivity contribution in [2.75, 3.05) is 5.75 Å². The van der Waals surface area contributed by atoms with E-state index in [4.69, 9.17) is 5.11 Å². The van der Waals surface area contributed by atoms with Crippen LogP contribution in [0.3, 0.4) is 0 Å². The predicted octanol–water partition coefficient (Wildman–Crippen LogP) is 3.81. The van der Waals surface area contributed by atoms with Gasteiger partial charge in [-0.25, -0.2) is 4.98 Å². The Kier molecular flexibility index (Phi) is 4.43. The molecule has 0 aliphatic heterocycles. The van der Waals surface area contributed by atoms with E-state index in [0.29, 0.717) is 6.42 Å². The maximum atomic E-state index is 10.5. The second kappa shape index (κ2) is 6.06. The molecule has 0 bridgehead atoms. The molecule has 1 aromatic carbocycles. The van der Waals surface area contributed by atoms with Gasteiger partial charge in [-0.05, 0) is 37.5 Å². The molecule has 2 rings (SSSR count). The largest absolute Gasteiger partial charge is 0.481 e. The van der Waals surface area contributed by atoms with Gasteiger partial charge in [-0.3, -0.25) is 4.79 Å². The SMILES string of the molecule is Cc1cc(SCCCC(=O)O)nc2c(C)cccc12. The van der Waals surface area contributed by atoms with Crippen molar-refractivity contribution in [3.05, 3.63) is 35.4 Å². The Hall–Kier alpha value is -1.55. The molecule has 1 aromatic heterocycles. The fraction of sp³-hybridized carbons (Fsp3) is 0.333. The molecule has 100 valence electrons. The van der Waals surface area contributed by atoms with Crippen LogP contribution in [0.2, 0.25) is 0 Å². The molecule has 19 heavy (non-hydrogen) atoms. The van der Waals surface area contributed by atoms with Gasteiger partial charge in [0.15, 0.2) is 0 Å². The normalized spacial score (nSPS) is 10.8. The van der Waals surface area contributed by atoms with Crippen molar-refractivity contribution in [2.24, 2.45) is 0 Å². The van der Waals surface area contributed by atoms with Crippen molar-refractivity contribution in [2.45, 2.75) is 31.7 Å². The minimum Gasteiger partial charge on any atom is -0.481 e. The highest BCUT2D eigenvalue weighted by Gasteiger charge is 2.05. The number of thioether (sulfide) groups is 1. The van der Waals surface area contributed by atoms with E-state index in [1.807, 2.05) is 6.07 Å². The van der Waals surface area contributed by atoms with Crippen LogP contribution in [-0.2, 0) is 4.79 Å². The minimum absolute atomic E-state index is 0.221. The summed E-state index contributed by atoms with van der Waals surface area (Å²) >= 11 is 1.63. The zero-order valence-corrected chi connectivity index (χ0v) is 12.0. The molecule has 0 aliphatic carbocycles. The van der Waals surface area contributed by atoms with Gasteiger partial charge in [0.25, 0.3) is 0 Å². The Balaban J connectivity index is 2.16. The highest BCUT2D eigenvalue weighted by molar-refractivity contribution is 7.99. The summed E-state index contributed by atoms with van der Waals surface area (Å²) in [6.07, 6.45) is 0.894. The summed E-state index contributed by atoms with van der Waals surface area (Å²) in [6, 6.07) is 8.27. The van der Waals surface area contributed by atoms with Crippen molar-refractivity contribution in [3.8, 4) is 0 Å². The molecular formula is C15H17NO2S. The lowest BCUT2D eigenvalue weighted by Crippen LogP contribution is -1.95. The summed E-state index contributed by atoms with van der Waals surface area (Å²) < 4.78 is 0. The molecule has 0 radical (unpaired) electrons. The molecule has 4 heteroatoms. The fourth-order valence-corrected chi connectivity index (χ4v) is 2.92. The van der Waals surface area contributed by atoms with E-state index in [-0.39, 0.29) is 6.42 Å². The third-order valence-corrected chi connectivity index (χ3v) is 4.01. The first-order valence-corrected chi connectivity index (χ1v) is 7.28. The third kappa shape index (κ3) is 3.47. The molecule has 0 saturated carbocycles. The second-order valence-electron chi connectivity index (χ2n) is 4.59. The predicted molar refractivity (Wildman–Crippen MR) is 78.8 cm³/mol. The van der Waals surface area contributed by atoms with Gasteiger partial charge in [0, 0.05) is 17.6 Å². The lowest BCUT2D eigenvalue weighted by Gasteiger charge is -2.08. The number of pyridine rings is 1. The standard InChI is InChI=1S/C15H17NO2S/c1-10-5-3-6-12-11(2)9-13(16-15(10)12)19-8-4-7-14(17)18/h3,5-6,9H,4,7-8H2,1-2H3,(H,17,18). The first-order chi connectivity index (χ1) is 9.08. The zero-order chi connectivity index (χ0) is 13.8. The molecule has 3 nitrogen and oxygen atoms in total. The maximum absolute atomic E-state index is 10.5. The van der Waals surface area contributed by atoms with E-state index in [9.17, 15) is 4.79 Å². The van der Waals surface area contributed by atoms with Gasteiger partial charge in [0.1, 0.15) is 0 Å². The van der Waals surface area contributed by atoms with Gasteiger partial charge < -0.3 is 5.11 Å². The second-order valence-corrected chi connectivity index (χ2v) is 5.71. The molecule has 0 unspecified atom stereocenters. The summed E-state index contributed by atoms with van der Waals surface area (Å²) in [7, 11) is 0. The van der Waals surface area contributed by atoms with Crippen LogP contribution in [0.5, 0.6) is 0 Å². The van der Waals surface area contributed by atoms with Crippen molar-refractivity contribution in [1.82, 2.24) is 4.98 Å². The number of rotatable bonds is 5.